The second kappa shape index (κ2) is 8.09. The molecule has 2 aromatic rings. The number of benzene rings is 1. The molecule has 4 heterocycles. The molecule has 3 aliphatic heterocycles. The van der Waals surface area contributed by atoms with Gasteiger partial charge in [0.1, 0.15) is 11.7 Å². The zero-order chi connectivity index (χ0) is 21.5. The lowest BCUT2D eigenvalue weighted by atomic mass is 10.0. The molecule has 2 amide bonds. The third-order valence-electron chi connectivity index (χ3n) is 6.54. The van der Waals surface area contributed by atoms with Gasteiger partial charge in [0, 0.05) is 31.9 Å². The predicted molar refractivity (Wildman–Crippen MR) is 118 cm³/mol. The van der Waals surface area contributed by atoms with Crippen molar-refractivity contribution in [3.63, 3.8) is 0 Å². The molecule has 162 valence electrons. The number of hydrogen-bond donors (Lipinski definition) is 1. The van der Waals surface area contributed by atoms with Gasteiger partial charge >= 0.3 is 0 Å². The number of nitrogens with zero attached hydrogens (tertiary/aromatic N) is 3. The molecule has 0 aliphatic carbocycles. The summed E-state index contributed by atoms with van der Waals surface area (Å²) in [5.74, 6) is -0.785. The van der Waals surface area contributed by atoms with Crippen LogP contribution in [0.25, 0.3) is 0 Å². The lowest BCUT2D eigenvalue weighted by molar-refractivity contribution is 0.0454. The van der Waals surface area contributed by atoms with Crippen LogP contribution in [0.2, 0.25) is 0 Å². The van der Waals surface area contributed by atoms with Crippen LogP contribution in [-0.2, 0) is 13.1 Å². The van der Waals surface area contributed by atoms with Gasteiger partial charge in [-0.1, -0.05) is 36.8 Å². The highest BCUT2D eigenvalue weighted by atomic mass is 31.0. The van der Waals surface area contributed by atoms with Crippen molar-refractivity contribution in [2.24, 2.45) is 0 Å². The predicted octanol–water partition coefficient (Wildman–Crippen LogP) is 1.60. The average molecular weight is 440 g/mol. The minimum absolute atomic E-state index is 0.0217. The number of nitrogens with one attached hydrogen (secondary N) is 1. The molecule has 1 aromatic carbocycles. The van der Waals surface area contributed by atoms with Gasteiger partial charge in [-0.2, -0.15) is 0 Å². The summed E-state index contributed by atoms with van der Waals surface area (Å²) >= 11 is 0. The van der Waals surface area contributed by atoms with Crippen molar-refractivity contribution >= 4 is 21.3 Å². The molecule has 0 radical (unpaired) electrons. The summed E-state index contributed by atoms with van der Waals surface area (Å²) in [6.45, 7) is 2.46. The minimum Gasteiger partial charge on any atom is -0.474 e. The maximum atomic E-state index is 13.3. The molecule has 9 heteroatoms. The van der Waals surface area contributed by atoms with E-state index in [2.05, 4.69) is 10.2 Å². The number of piperidine rings is 1. The molecule has 0 spiro atoms. The summed E-state index contributed by atoms with van der Waals surface area (Å²) in [6.07, 6.45) is 4.84. The van der Waals surface area contributed by atoms with Gasteiger partial charge in [0.25, 0.3) is 11.8 Å². The van der Waals surface area contributed by atoms with E-state index in [1.54, 1.807) is 4.57 Å². The smallest absolute Gasteiger partial charge is 0.275 e. The second-order valence-corrected chi connectivity index (χ2v) is 8.55. The molecule has 1 unspecified atom stereocenters. The van der Waals surface area contributed by atoms with Crippen molar-refractivity contribution < 1.29 is 14.1 Å². The summed E-state index contributed by atoms with van der Waals surface area (Å²) in [5, 5.41) is 2.80. The fourth-order valence-electron chi connectivity index (χ4n) is 5.02. The molecule has 3 aliphatic rings. The Bertz CT molecular complexity index is 1090. The van der Waals surface area contributed by atoms with Gasteiger partial charge in [-0.05, 0) is 18.4 Å². The Morgan fingerprint density at radius 1 is 1.16 bits per heavy atom. The van der Waals surface area contributed by atoms with Crippen LogP contribution in [0.1, 0.15) is 45.7 Å². The zero-order valence-electron chi connectivity index (χ0n) is 17.1. The number of rotatable bonds is 4. The largest absolute Gasteiger partial charge is 0.474 e. The number of carbonyl (C=O) groups is 2. The first-order valence-electron chi connectivity index (χ1n) is 10.6. The van der Waals surface area contributed by atoms with E-state index in [0.717, 1.165) is 24.9 Å². The zero-order valence-corrected chi connectivity index (χ0v) is 18.3. The lowest BCUT2D eigenvalue weighted by Gasteiger charge is -2.38. The van der Waals surface area contributed by atoms with E-state index in [4.69, 9.17) is 4.52 Å². The molecular formula is C22H25N4O4P. The van der Waals surface area contributed by atoms with E-state index in [1.165, 1.54) is 12.6 Å². The molecule has 3 atom stereocenters. The summed E-state index contributed by atoms with van der Waals surface area (Å²) in [5.41, 5.74) is 0.558. The first-order valence-corrected chi connectivity index (χ1v) is 11.1. The summed E-state index contributed by atoms with van der Waals surface area (Å²) in [4.78, 5) is 43.4. The van der Waals surface area contributed by atoms with Gasteiger partial charge in [0.2, 0.25) is 5.43 Å². The first-order chi connectivity index (χ1) is 15.1. The van der Waals surface area contributed by atoms with Crippen molar-refractivity contribution in [2.45, 2.75) is 44.6 Å². The highest BCUT2D eigenvalue weighted by Gasteiger charge is 2.47. The molecule has 5 rings (SSSR count). The van der Waals surface area contributed by atoms with Crippen molar-refractivity contribution in [3.8, 4) is 5.75 Å². The second-order valence-electron chi connectivity index (χ2n) is 8.31. The number of pyridine rings is 1. The molecule has 1 N–H and O–H groups in total. The summed E-state index contributed by atoms with van der Waals surface area (Å²) < 4.78 is 7.00. The van der Waals surface area contributed by atoms with Crippen molar-refractivity contribution in [2.75, 3.05) is 13.1 Å². The topological polar surface area (TPSA) is 83.9 Å². The van der Waals surface area contributed by atoms with Crippen LogP contribution >= 0.6 is 9.47 Å². The van der Waals surface area contributed by atoms with Gasteiger partial charge in [-0.25, -0.2) is 0 Å². The SMILES string of the molecule is O=C(NCc1ccccc1)c1cn2c(c(OP)c1=O)C(=O)N1C[C@H]3CCCCN3[C@H]1C2. The summed E-state index contributed by atoms with van der Waals surface area (Å²) in [7, 11) is 2.04. The number of aromatic nitrogens is 1. The van der Waals surface area contributed by atoms with Gasteiger partial charge in [0.15, 0.2) is 11.4 Å². The monoisotopic (exact) mass is 440 g/mol. The van der Waals surface area contributed by atoms with E-state index in [-0.39, 0.29) is 29.1 Å². The number of amides is 2. The van der Waals surface area contributed by atoms with Crippen LogP contribution in [-0.4, -0.2) is 51.5 Å². The standard InChI is InChI=1S/C22H25N4O4P/c27-19-16(21(28)23-10-14-6-2-1-3-7-14)12-24-13-17-25-9-5-4-8-15(25)11-26(17)22(29)18(24)20(19)30-31/h1-3,6-7,12,15,17H,4-5,8-11,13,31H2,(H,23,28)/t15-,17-/m1/s1. The quantitative estimate of drug-likeness (QED) is 0.731. The van der Waals surface area contributed by atoms with E-state index >= 15 is 0 Å². The Morgan fingerprint density at radius 2 is 1.97 bits per heavy atom. The first kappa shape index (κ1) is 20.2. The van der Waals surface area contributed by atoms with Crippen LogP contribution in [0.4, 0.5) is 0 Å². The van der Waals surface area contributed by atoms with Crippen molar-refractivity contribution in [1.82, 2.24) is 19.7 Å². The molecule has 2 fully saturated rings. The maximum Gasteiger partial charge on any atom is 0.275 e. The molecule has 0 bridgehead atoms. The fourth-order valence-corrected chi connectivity index (χ4v) is 5.24. The Kier molecular flexibility index (Phi) is 5.28. The minimum atomic E-state index is -0.574. The molecule has 2 saturated heterocycles. The van der Waals surface area contributed by atoms with E-state index in [9.17, 15) is 14.4 Å². The Hall–Kier alpha value is -2.70. The van der Waals surface area contributed by atoms with Gasteiger partial charge < -0.3 is 19.3 Å². The maximum absolute atomic E-state index is 13.3. The molecule has 1 aromatic heterocycles. The number of fused-ring (bicyclic) bond motifs is 4. The Balaban J connectivity index is 1.47. The van der Waals surface area contributed by atoms with E-state index in [0.29, 0.717) is 25.7 Å². The number of hydrogen-bond acceptors (Lipinski definition) is 5. The number of carbonyl (C=O) groups excluding carboxylic acids is 2. The van der Waals surface area contributed by atoms with Crippen molar-refractivity contribution in [1.29, 1.82) is 0 Å². The Morgan fingerprint density at radius 3 is 2.74 bits per heavy atom. The Labute approximate surface area is 182 Å². The highest BCUT2D eigenvalue weighted by molar-refractivity contribution is 7.10. The molecule has 31 heavy (non-hydrogen) atoms. The van der Waals surface area contributed by atoms with Gasteiger partial charge in [0.05, 0.1) is 16.0 Å². The van der Waals surface area contributed by atoms with Gasteiger partial charge in [-0.3, -0.25) is 19.3 Å². The van der Waals surface area contributed by atoms with Crippen LogP contribution in [0.5, 0.6) is 5.75 Å². The van der Waals surface area contributed by atoms with Crippen molar-refractivity contribution in [3.05, 3.63) is 63.6 Å². The third kappa shape index (κ3) is 3.44. The molecular weight excluding hydrogens is 415 g/mol. The normalized spacial score (nSPS) is 22.5. The highest BCUT2D eigenvalue weighted by Crippen LogP contribution is 2.35. The van der Waals surface area contributed by atoms with Crippen LogP contribution in [0, 0.1) is 0 Å². The van der Waals surface area contributed by atoms with E-state index < -0.39 is 11.3 Å². The van der Waals surface area contributed by atoms with Gasteiger partial charge in [-0.15, -0.1) is 0 Å². The van der Waals surface area contributed by atoms with Crippen LogP contribution < -0.4 is 15.3 Å². The molecule has 0 saturated carbocycles. The fraction of sp³-hybridized carbons (Fsp3) is 0.409. The average Bonchev–Trinajstić information content (AvgIpc) is 3.17. The van der Waals surface area contributed by atoms with E-state index in [1.807, 2.05) is 44.7 Å². The van der Waals surface area contributed by atoms with Crippen LogP contribution in [0.3, 0.4) is 0 Å². The third-order valence-corrected chi connectivity index (χ3v) is 6.78. The lowest BCUT2D eigenvalue weighted by Crippen LogP contribution is -2.51. The molecule has 8 nitrogen and oxygen atoms in total. The van der Waals surface area contributed by atoms with Crippen LogP contribution in [0.15, 0.2) is 41.3 Å². The summed E-state index contributed by atoms with van der Waals surface area (Å²) in [6, 6.07) is 9.85.